The van der Waals surface area contributed by atoms with Crippen molar-refractivity contribution >= 4 is 11.9 Å². The third-order valence-electron chi connectivity index (χ3n) is 3.80. The van der Waals surface area contributed by atoms with Gasteiger partial charge in [-0.15, -0.1) is 0 Å². The van der Waals surface area contributed by atoms with E-state index < -0.39 is 0 Å². The molecule has 2 aromatic rings. The molecule has 0 aliphatic rings. The number of rotatable bonds is 6. The molecule has 0 saturated carbocycles. The molecule has 1 amide bonds. The number of methoxy groups -OCH3 is 1. The number of hydrogen-bond donors (Lipinski definition) is 1. The second-order valence-corrected chi connectivity index (χ2v) is 5.62. The van der Waals surface area contributed by atoms with E-state index in [1.165, 1.54) is 25.8 Å². The number of benzene rings is 1. The van der Waals surface area contributed by atoms with Crippen LogP contribution in [-0.2, 0) is 28.9 Å². The van der Waals surface area contributed by atoms with E-state index in [1.807, 2.05) is 12.1 Å². The third-order valence-corrected chi connectivity index (χ3v) is 3.80. The molecule has 0 saturated heterocycles. The van der Waals surface area contributed by atoms with E-state index in [0.717, 1.165) is 23.1 Å². The van der Waals surface area contributed by atoms with Crippen LogP contribution in [-0.4, -0.2) is 24.0 Å². The van der Waals surface area contributed by atoms with Gasteiger partial charge in [-0.1, -0.05) is 25.1 Å². The molecule has 0 fully saturated rings. The Labute approximate surface area is 142 Å². The van der Waals surface area contributed by atoms with Gasteiger partial charge in [-0.05, 0) is 41.2 Å². The van der Waals surface area contributed by atoms with Gasteiger partial charge < -0.3 is 10.1 Å². The molecule has 24 heavy (non-hydrogen) atoms. The van der Waals surface area contributed by atoms with Crippen molar-refractivity contribution in [2.24, 2.45) is 0 Å². The molecule has 0 spiro atoms. The molecule has 1 heterocycles. The Hall–Kier alpha value is -2.69. The molecule has 0 aliphatic carbocycles. The summed E-state index contributed by atoms with van der Waals surface area (Å²) in [5.41, 5.74) is 4.88. The van der Waals surface area contributed by atoms with Crippen molar-refractivity contribution in [1.29, 1.82) is 0 Å². The highest BCUT2D eigenvalue weighted by Crippen LogP contribution is 2.17. The number of pyridine rings is 1. The summed E-state index contributed by atoms with van der Waals surface area (Å²) in [6, 6.07) is 8.03. The summed E-state index contributed by atoms with van der Waals surface area (Å²) in [5.74, 6) is -0.420. The number of nitrogens with zero attached hydrogens (tertiary/aromatic N) is 1. The normalized spacial score (nSPS) is 10.3. The molecule has 5 heteroatoms. The summed E-state index contributed by atoms with van der Waals surface area (Å²) in [5, 5.41) is 2.83. The minimum atomic E-state index is -0.385. The first-order valence-electron chi connectivity index (χ1n) is 7.90. The summed E-state index contributed by atoms with van der Waals surface area (Å²) in [6.45, 7) is 4.15. The van der Waals surface area contributed by atoms with Gasteiger partial charge in [-0.2, -0.15) is 0 Å². The Morgan fingerprint density at radius 2 is 1.92 bits per heavy atom. The zero-order valence-electron chi connectivity index (χ0n) is 14.3. The second kappa shape index (κ2) is 8.24. The van der Waals surface area contributed by atoms with Crippen molar-refractivity contribution in [1.82, 2.24) is 10.3 Å². The van der Waals surface area contributed by atoms with Crippen LogP contribution in [0.2, 0.25) is 0 Å². The number of hydrogen-bond acceptors (Lipinski definition) is 4. The topological polar surface area (TPSA) is 68.3 Å². The van der Waals surface area contributed by atoms with Gasteiger partial charge in [0.05, 0.1) is 12.7 Å². The number of aromatic nitrogens is 1. The smallest absolute Gasteiger partial charge is 0.339 e. The van der Waals surface area contributed by atoms with Gasteiger partial charge in [0.2, 0.25) is 5.91 Å². The lowest BCUT2D eigenvalue weighted by molar-refractivity contribution is -0.119. The van der Waals surface area contributed by atoms with Crippen LogP contribution in [0.3, 0.4) is 0 Å². The maximum atomic E-state index is 11.6. The van der Waals surface area contributed by atoms with E-state index in [2.05, 4.69) is 23.3 Å². The van der Waals surface area contributed by atoms with Gasteiger partial charge >= 0.3 is 5.97 Å². The largest absolute Gasteiger partial charge is 0.465 e. The summed E-state index contributed by atoms with van der Waals surface area (Å²) >= 11 is 0. The lowest BCUT2D eigenvalue weighted by Crippen LogP contribution is -2.19. The maximum absolute atomic E-state index is 11.6. The van der Waals surface area contributed by atoms with E-state index >= 15 is 0 Å². The highest BCUT2D eigenvalue weighted by Gasteiger charge is 2.08. The highest BCUT2D eigenvalue weighted by atomic mass is 16.5. The van der Waals surface area contributed by atoms with Crippen LogP contribution in [0.5, 0.6) is 0 Å². The molecular formula is C19H22N2O3. The summed E-state index contributed by atoms with van der Waals surface area (Å²) in [7, 11) is 1.36. The number of carbonyl (C=O) groups excluding carboxylic acids is 2. The lowest BCUT2D eigenvalue weighted by atomic mass is 9.98. The molecule has 1 aromatic heterocycles. The van der Waals surface area contributed by atoms with Crippen LogP contribution in [0.1, 0.15) is 46.5 Å². The van der Waals surface area contributed by atoms with E-state index in [9.17, 15) is 9.59 Å². The Kier molecular flexibility index (Phi) is 6.07. The van der Waals surface area contributed by atoms with Gasteiger partial charge in [0.25, 0.3) is 0 Å². The molecule has 1 N–H and O–H groups in total. The molecule has 0 atom stereocenters. The van der Waals surface area contributed by atoms with E-state index in [0.29, 0.717) is 18.5 Å². The maximum Gasteiger partial charge on any atom is 0.339 e. The van der Waals surface area contributed by atoms with E-state index in [4.69, 9.17) is 4.74 Å². The Bertz CT molecular complexity index is 741. The van der Waals surface area contributed by atoms with Crippen molar-refractivity contribution in [2.75, 3.05) is 7.11 Å². The van der Waals surface area contributed by atoms with Crippen LogP contribution in [0.4, 0.5) is 0 Å². The Morgan fingerprint density at radius 1 is 1.12 bits per heavy atom. The molecule has 0 radical (unpaired) electrons. The van der Waals surface area contributed by atoms with Crippen molar-refractivity contribution < 1.29 is 14.3 Å². The summed E-state index contributed by atoms with van der Waals surface area (Å²) in [6.07, 6.45) is 4.83. The van der Waals surface area contributed by atoms with Crippen molar-refractivity contribution in [3.05, 3.63) is 64.5 Å². The number of esters is 1. The number of ether oxygens (including phenoxy) is 1. The molecule has 0 unspecified atom stereocenters. The van der Waals surface area contributed by atoms with Crippen molar-refractivity contribution in [3.8, 4) is 0 Å². The first-order valence-corrected chi connectivity index (χ1v) is 7.90. The average Bonchev–Trinajstić information content (AvgIpc) is 2.59. The van der Waals surface area contributed by atoms with Crippen molar-refractivity contribution in [2.45, 2.75) is 33.2 Å². The highest BCUT2D eigenvalue weighted by molar-refractivity contribution is 5.89. The van der Waals surface area contributed by atoms with Crippen LogP contribution < -0.4 is 5.32 Å². The summed E-state index contributed by atoms with van der Waals surface area (Å²) < 4.78 is 4.73. The summed E-state index contributed by atoms with van der Waals surface area (Å²) in [4.78, 5) is 26.8. The Morgan fingerprint density at radius 3 is 2.58 bits per heavy atom. The molecule has 0 bridgehead atoms. The van der Waals surface area contributed by atoms with Crippen LogP contribution >= 0.6 is 0 Å². The fraction of sp³-hybridized carbons (Fsp3) is 0.316. The standard InChI is InChI=1S/C19H22N2O3/c1-4-16-8-14(5-6-17(16)12-21-13(2)22)7-15-9-18(11-20-10-15)19(23)24-3/h5-6,8-11H,4,7,12H2,1-3H3,(H,21,22). The second-order valence-electron chi connectivity index (χ2n) is 5.62. The molecule has 2 rings (SSSR count). The van der Waals surface area contributed by atoms with E-state index in [1.54, 1.807) is 12.3 Å². The number of amides is 1. The van der Waals surface area contributed by atoms with Crippen LogP contribution in [0, 0.1) is 0 Å². The monoisotopic (exact) mass is 326 g/mol. The number of aryl methyl sites for hydroxylation is 1. The zero-order valence-corrected chi connectivity index (χ0v) is 14.3. The fourth-order valence-electron chi connectivity index (χ4n) is 2.56. The van der Waals surface area contributed by atoms with Gasteiger partial charge in [-0.3, -0.25) is 9.78 Å². The number of nitrogens with one attached hydrogen (secondary N) is 1. The minimum absolute atomic E-state index is 0.0353. The first kappa shape index (κ1) is 17.7. The minimum Gasteiger partial charge on any atom is -0.465 e. The Balaban J connectivity index is 2.18. The lowest BCUT2D eigenvalue weighted by Gasteiger charge is -2.11. The van der Waals surface area contributed by atoms with Gasteiger partial charge in [0.15, 0.2) is 0 Å². The molecule has 126 valence electrons. The SMILES string of the molecule is CCc1cc(Cc2cncc(C(=O)OC)c2)ccc1CNC(C)=O. The third kappa shape index (κ3) is 4.65. The quantitative estimate of drug-likeness (QED) is 0.829. The predicted octanol–water partition coefficient (Wildman–Crippen LogP) is 2.66. The van der Waals surface area contributed by atoms with E-state index in [-0.39, 0.29) is 11.9 Å². The van der Waals surface area contributed by atoms with Crippen LogP contribution in [0.15, 0.2) is 36.7 Å². The van der Waals surface area contributed by atoms with Gasteiger partial charge in [0.1, 0.15) is 0 Å². The average molecular weight is 326 g/mol. The first-order chi connectivity index (χ1) is 11.5. The van der Waals surface area contributed by atoms with Crippen molar-refractivity contribution in [3.63, 3.8) is 0 Å². The number of carbonyl (C=O) groups is 2. The van der Waals surface area contributed by atoms with Gasteiger partial charge in [-0.25, -0.2) is 4.79 Å². The molecule has 5 nitrogen and oxygen atoms in total. The molecule has 0 aliphatic heterocycles. The predicted molar refractivity (Wildman–Crippen MR) is 91.7 cm³/mol. The molecule has 1 aromatic carbocycles. The van der Waals surface area contributed by atoms with Gasteiger partial charge in [0, 0.05) is 25.9 Å². The van der Waals surface area contributed by atoms with Crippen LogP contribution in [0.25, 0.3) is 0 Å². The fourth-order valence-corrected chi connectivity index (χ4v) is 2.56. The molecular weight excluding hydrogens is 304 g/mol. The zero-order chi connectivity index (χ0) is 17.5.